The zero-order chi connectivity index (χ0) is 33.7. The molecule has 6 heteroatoms. The Hall–Kier alpha value is -3.84. The molecule has 2 aliphatic heterocycles. The normalized spacial score (nSPS) is 14.3. The first kappa shape index (κ1) is 32.7. The highest BCUT2D eigenvalue weighted by atomic mass is 31.1. The average molecular weight is 673 g/mol. The van der Waals surface area contributed by atoms with Gasteiger partial charge in [0.1, 0.15) is 13.2 Å². The minimum Gasteiger partial charge on any atom is -0.489 e. The van der Waals surface area contributed by atoms with E-state index in [1.165, 1.54) is 71.0 Å². The second kappa shape index (κ2) is 13.2. The molecule has 0 fully saturated rings. The largest absolute Gasteiger partial charge is 0.489 e. The number of hydrogen-bond donors (Lipinski definition) is 0. The van der Waals surface area contributed by atoms with Crippen LogP contribution in [0.1, 0.15) is 33.4 Å². The summed E-state index contributed by atoms with van der Waals surface area (Å²) in [5, 5.41) is 6.66. The van der Waals surface area contributed by atoms with Crippen molar-refractivity contribution >= 4 is 54.4 Å². The van der Waals surface area contributed by atoms with E-state index in [0.717, 1.165) is 36.0 Å². The molecule has 246 valence electrons. The Labute approximate surface area is 289 Å². The van der Waals surface area contributed by atoms with Gasteiger partial charge in [-0.15, -0.1) is 0 Å². The van der Waals surface area contributed by atoms with Crippen molar-refractivity contribution in [3.63, 3.8) is 0 Å². The Bertz CT molecular complexity index is 1930. The number of fused-ring (bicyclic) bond motifs is 2. The summed E-state index contributed by atoms with van der Waals surface area (Å²) >= 11 is 0. The first-order valence-electron chi connectivity index (χ1n) is 16.9. The van der Waals surface area contributed by atoms with Crippen LogP contribution in [0, 0.1) is 41.5 Å². The number of nitrogens with zero attached hydrogens (tertiary/aromatic N) is 2. The van der Waals surface area contributed by atoms with Crippen LogP contribution >= 0.6 is 16.5 Å². The molecule has 7 rings (SSSR count). The van der Waals surface area contributed by atoms with Gasteiger partial charge >= 0.3 is 0 Å². The van der Waals surface area contributed by atoms with Crippen LogP contribution in [0.4, 0.5) is 11.4 Å². The topological polar surface area (TPSA) is 24.9 Å². The number of benzene rings is 5. The summed E-state index contributed by atoms with van der Waals surface area (Å²) in [5.41, 5.74) is 12.4. The fourth-order valence-corrected chi connectivity index (χ4v) is 11.7. The Kier molecular flexibility index (Phi) is 9.01. The van der Waals surface area contributed by atoms with Crippen LogP contribution in [0.3, 0.4) is 0 Å². The molecule has 0 radical (unpaired) electrons. The second-order valence-electron chi connectivity index (χ2n) is 13.7. The summed E-state index contributed by atoms with van der Waals surface area (Å²) in [6.45, 7) is 16.3. The van der Waals surface area contributed by atoms with E-state index >= 15 is 0 Å². The van der Waals surface area contributed by atoms with E-state index in [-0.39, 0.29) is 0 Å². The highest BCUT2D eigenvalue weighted by molar-refractivity contribution is 7.80. The molecule has 0 aliphatic carbocycles. The van der Waals surface area contributed by atoms with Gasteiger partial charge < -0.3 is 19.3 Å². The molecule has 0 bridgehead atoms. The minimum atomic E-state index is -0.956. The molecule has 0 N–H and O–H groups in total. The van der Waals surface area contributed by atoms with Crippen LogP contribution in [-0.4, -0.2) is 40.4 Å². The lowest BCUT2D eigenvalue weighted by molar-refractivity contribution is 0.308. The molecule has 0 aromatic heterocycles. The molecular formula is C42H46N2O2P2. The summed E-state index contributed by atoms with van der Waals surface area (Å²) in [5.74, 6) is 1.94. The molecular weight excluding hydrogens is 626 g/mol. The van der Waals surface area contributed by atoms with Crippen molar-refractivity contribution in [2.24, 2.45) is 0 Å². The van der Waals surface area contributed by atoms with Gasteiger partial charge in [0.05, 0.1) is 24.5 Å². The molecule has 0 saturated heterocycles. The fourth-order valence-electron chi connectivity index (χ4n) is 7.41. The summed E-state index contributed by atoms with van der Waals surface area (Å²) in [4.78, 5) is 4.68. The van der Waals surface area contributed by atoms with Gasteiger partial charge in [0.2, 0.25) is 0 Å². The van der Waals surface area contributed by atoms with Crippen LogP contribution in [0.5, 0.6) is 11.5 Å². The Morgan fingerprint density at radius 2 is 0.979 bits per heavy atom. The van der Waals surface area contributed by atoms with Gasteiger partial charge in [-0.2, -0.15) is 0 Å². The van der Waals surface area contributed by atoms with Crippen molar-refractivity contribution in [1.82, 2.24) is 0 Å². The van der Waals surface area contributed by atoms with E-state index in [1.54, 1.807) is 0 Å². The van der Waals surface area contributed by atoms with Crippen molar-refractivity contribution in [1.29, 1.82) is 0 Å². The van der Waals surface area contributed by atoms with Crippen molar-refractivity contribution in [3.8, 4) is 22.6 Å². The van der Waals surface area contributed by atoms with Gasteiger partial charge in [-0.3, -0.25) is 0 Å². The molecule has 1 atom stereocenters. The lowest BCUT2D eigenvalue weighted by atomic mass is 9.99. The zero-order valence-electron chi connectivity index (χ0n) is 29.5. The van der Waals surface area contributed by atoms with Crippen molar-refractivity contribution < 1.29 is 9.47 Å². The zero-order valence-corrected chi connectivity index (χ0v) is 31.4. The maximum atomic E-state index is 6.80. The van der Waals surface area contributed by atoms with Gasteiger partial charge in [0.25, 0.3) is 0 Å². The lowest BCUT2D eigenvalue weighted by Crippen LogP contribution is -2.33. The fraction of sp³-hybridized carbons (Fsp3) is 0.286. The molecule has 2 aliphatic rings. The van der Waals surface area contributed by atoms with Gasteiger partial charge in [0.15, 0.2) is 11.5 Å². The van der Waals surface area contributed by atoms with Crippen molar-refractivity contribution in [3.05, 3.63) is 112 Å². The van der Waals surface area contributed by atoms with E-state index < -0.39 is 7.92 Å². The monoisotopic (exact) mass is 672 g/mol. The summed E-state index contributed by atoms with van der Waals surface area (Å²) in [7, 11) is 3.88. The van der Waals surface area contributed by atoms with Gasteiger partial charge in [0, 0.05) is 25.2 Å². The molecule has 0 spiro atoms. The SMILES string of the molecule is Cc1cc(C)cc(Pc2ccc3c(c2-c2c(P(c4cc(C)cc(C)c4)c4cc(C)cc(C)c4)ccc4c2OCCN4C)OCCN3C)c1. The lowest BCUT2D eigenvalue weighted by Gasteiger charge is -2.35. The predicted molar refractivity (Wildman–Crippen MR) is 211 cm³/mol. The van der Waals surface area contributed by atoms with Gasteiger partial charge in [-0.1, -0.05) is 109 Å². The van der Waals surface area contributed by atoms with Gasteiger partial charge in [-0.25, -0.2) is 0 Å². The van der Waals surface area contributed by atoms with E-state index in [1.807, 2.05) is 0 Å². The standard InChI is InChI=1S/C42H46N2O2P2/c1-26-17-27(2)21-32(20-26)47-37-11-9-35-41(45-15-13-43(35)7)39(37)40-38(12-10-36-42(40)46-16-14-44(36)8)48(33-22-28(3)18-29(4)23-33)34-24-30(5)19-31(6)25-34/h9-12,17-25,47H,13-16H2,1-8H3. The molecule has 5 aromatic rings. The van der Waals surface area contributed by atoms with Crippen molar-refractivity contribution in [2.75, 3.05) is 50.2 Å². The second-order valence-corrected chi connectivity index (χ2v) is 17.3. The van der Waals surface area contributed by atoms with Crippen LogP contribution in [-0.2, 0) is 0 Å². The number of ether oxygens (including phenoxy) is 2. The van der Waals surface area contributed by atoms with Crippen LogP contribution in [0.25, 0.3) is 11.1 Å². The molecule has 2 heterocycles. The quantitative estimate of drug-likeness (QED) is 0.178. The maximum Gasteiger partial charge on any atom is 0.151 e. The molecule has 4 nitrogen and oxygen atoms in total. The molecule has 1 unspecified atom stereocenters. The third kappa shape index (κ3) is 6.34. The van der Waals surface area contributed by atoms with Crippen LogP contribution in [0.15, 0.2) is 78.9 Å². The Morgan fingerprint density at radius 3 is 1.48 bits per heavy atom. The van der Waals surface area contributed by atoms with E-state index in [9.17, 15) is 0 Å². The predicted octanol–water partition coefficient (Wildman–Crippen LogP) is 7.25. The summed E-state index contributed by atoms with van der Waals surface area (Å²) in [6, 6.07) is 30.4. The molecule has 48 heavy (non-hydrogen) atoms. The van der Waals surface area contributed by atoms with Crippen LogP contribution < -0.4 is 45.8 Å². The van der Waals surface area contributed by atoms with Crippen LogP contribution in [0.2, 0.25) is 0 Å². The summed E-state index contributed by atoms with van der Waals surface area (Å²) < 4.78 is 13.5. The number of rotatable bonds is 6. The first-order valence-corrected chi connectivity index (χ1v) is 19.2. The Morgan fingerprint density at radius 1 is 0.542 bits per heavy atom. The van der Waals surface area contributed by atoms with E-state index in [0.29, 0.717) is 21.8 Å². The average Bonchev–Trinajstić information content (AvgIpc) is 3.00. The third-order valence-electron chi connectivity index (χ3n) is 9.34. The highest BCUT2D eigenvalue weighted by Gasteiger charge is 2.33. The maximum absolute atomic E-state index is 6.80. The molecule has 5 aromatic carbocycles. The number of anilines is 2. The number of aryl methyl sites for hydroxylation is 6. The minimum absolute atomic E-state index is 0.469. The van der Waals surface area contributed by atoms with Crippen molar-refractivity contribution in [2.45, 2.75) is 41.5 Å². The summed E-state index contributed by atoms with van der Waals surface area (Å²) in [6.07, 6.45) is 0. The molecule has 0 saturated carbocycles. The van der Waals surface area contributed by atoms with E-state index in [4.69, 9.17) is 9.47 Å². The first-order chi connectivity index (χ1) is 23.0. The van der Waals surface area contributed by atoms with Gasteiger partial charge in [-0.05, 0) is 88.1 Å². The molecule has 0 amide bonds. The highest BCUT2D eigenvalue weighted by Crippen LogP contribution is 2.51. The number of hydrogen-bond acceptors (Lipinski definition) is 4. The number of likely N-dealkylation sites (N-methyl/N-ethyl adjacent to an activating group) is 2. The van der Waals surface area contributed by atoms with E-state index in [2.05, 4.69) is 144 Å². The smallest absolute Gasteiger partial charge is 0.151 e. The Balaban J connectivity index is 1.59. The third-order valence-corrected chi connectivity index (χ3v) is 13.0.